The molecule has 14 nitrogen and oxygen atoms in total. The molecule has 0 aliphatic carbocycles. The number of piperazine rings is 1. The third kappa shape index (κ3) is 8.85. The van der Waals surface area contributed by atoms with Crippen LogP contribution in [0, 0.1) is 13.8 Å². The van der Waals surface area contributed by atoms with Gasteiger partial charge in [-0.2, -0.15) is 0 Å². The second-order valence-electron chi connectivity index (χ2n) is 14.6. The van der Waals surface area contributed by atoms with Gasteiger partial charge in [0.2, 0.25) is 0 Å². The number of aromatic nitrogens is 2. The summed E-state index contributed by atoms with van der Waals surface area (Å²) >= 11 is 0. The number of fused-ring (bicyclic) bond motifs is 1. The zero-order chi connectivity index (χ0) is 39.2. The quantitative estimate of drug-likeness (QED) is 0.220. The molecule has 2 aromatic carbocycles. The number of phenolic OH excluding ortho intramolecular Hbond substituents is 1. The van der Waals surface area contributed by atoms with Crippen LogP contribution < -0.4 is 10.2 Å². The van der Waals surface area contributed by atoms with E-state index in [9.17, 15) is 24.3 Å². The summed E-state index contributed by atoms with van der Waals surface area (Å²) in [6.07, 6.45) is 5.21. The fraction of sp³-hybridized carbons (Fsp3) is 0.381. The van der Waals surface area contributed by atoms with E-state index in [1.54, 1.807) is 60.3 Å². The number of pyridine rings is 2. The van der Waals surface area contributed by atoms with Gasteiger partial charge in [-0.15, -0.1) is 0 Å². The van der Waals surface area contributed by atoms with E-state index in [4.69, 9.17) is 9.47 Å². The van der Waals surface area contributed by atoms with Gasteiger partial charge in [0.1, 0.15) is 18.2 Å². The Kier molecular flexibility index (Phi) is 11.6. The van der Waals surface area contributed by atoms with Gasteiger partial charge in [-0.1, -0.05) is 30.3 Å². The Labute approximate surface area is 326 Å². The van der Waals surface area contributed by atoms with E-state index >= 15 is 0 Å². The first kappa shape index (κ1) is 38.1. The SMILES string of the molecule is Cc1cc(C[C@@H](OC(=O)N2CCC(N3CCc4ccccc4NC3=O)CC2)C(=O)N2CCN(c3ccc(C(=O)OCc4ccncc4)cn3)CC2)cc(C)c1O. The molecule has 2 N–H and O–H groups in total. The van der Waals surface area contributed by atoms with Gasteiger partial charge in [-0.3, -0.25) is 9.78 Å². The number of hydrogen-bond donors (Lipinski definition) is 2. The van der Waals surface area contributed by atoms with Crippen molar-refractivity contribution in [1.29, 1.82) is 0 Å². The third-order valence-corrected chi connectivity index (χ3v) is 10.8. The molecular weight excluding hydrogens is 715 g/mol. The number of nitrogens with zero attached hydrogens (tertiary/aromatic N) is 6. The van der Waals surface area contributed by atoms with E-state index in [1.165, 1.54) is 6.20 Å². The first-order valence-electron chi connectivity index (χ1n) is 19.1. The zero-order valence-corrected chi connectivity index (χ0v) is 31.7. The smallest absolute Gasteiger partial charge is 0.410 e. The number of ether oxygens (including phenoxy) is 2. The molecule has 0 saturated carbocycles. The van der Waals surface area contributed by atoms with Crippen LogP contribution in [0.2, 0.25) is 0 Å². The monoisotopic (exact) mass is 761 g/mol. The lowest BCUT2D eigenvalue weighted by atomic mass is 10.0. The van der Waals surface area contributed by atoms with Crippen molar-refractivity contribution in [2.24, 2.45) is 0 Å². The van der Waals surface area contributed by atoms with Gasteiger partial charge in [0.15, 0.2) is 6.10 Å². The van der Waals surface area contributed by atoms with Crippen molar-refractivity contribution in [1.82, 2.24) is 24.7 Å². The van der Waals surface area contributed by atoms with Crippen molar-refractivity contribution in [2.75, 3.05) is 56.0 Å². The van der Waals surface area contributed by atoms with Crippen LogP contribution in [0.15, 0.2) is 79.3 Å². The van der Waals surface area contributed by atoms with E-state index < -0.39 is 18.2 Å². The van der Waals surface area contributed by atoms with E-state index in [0.717, 1.165) is 28.8 Å². The van der Waals surface area contributed by atoms with Crippen molar-refractivity contribution in [2.45, 2.75) is 58.3 Å². The van der Waals surface area contributed by atoms with Gasteiger partial charge in [0.05, 0.1) is 5.56 Å². The highest BCUT2D eigenvalue weighted by molar-refractivity contribution is 5.91. The first-order chi connectivity index (χ1) is 27.1. The average Bonchev–Trinajstić information content (AvgIpc) is 3.39. The molecule has 0 spiro atoms. The second-order valence-corrected chi connectivity index (χ2v) is 14.6. The maximum atomic E-state index is 14.1. The molecule has 0 unspecified atom stereocenters. The number of para-hydroxylation sites is 1. The predicted molar refractivity (Wildman–Crippen MR) is 208 cm³/mol. The summed E-state index contributed by atoms with van der Waals surface area (Å²) in [5.74, 6) is 0.0955. The van der Waals surface area contributed by atoms with E-state index in [2.05, 4.69) is 15.3 Å². The van der Waals surface area contributed by atoms with Crippen molar-refractivity contribution in [3.63, 3.8) is 0 Å². The standard InChI is InChI=1S/C42H47N7O7/c1-28-23-31(24-29(2)38(28)50)25-36(56-42(54)48-16-12-34(13-17-48)49-18-11-32-5-3-4-6-35(32)45-41(49)53)39(51)47-21-19-46(20-22-47)37-8-7-33(26-44-37)40(52)55-27-30-9-14-43-15-10-30/h3-10,14-15,23-24,26,34,36,50H,11-13,16-22,25,27H2,1-2H3,(H,45,53)/t36-/m1/s1. The summed E-state index contributed by atoms with van der Waals surface area (Å²) in [5, 5.41) is 13.4. The Morgan fingerprint density at radius 3 is 2.29 bits per heavy atom. The summed E-state index contributed by atoms with van der Waals surface area (Å²) in [5.41, 5.74) is 5.23. The van der Waals surface area contributed by atoms with Gasteiger partial charge in [-0.25, -0.2) is 19.4 Å². The molecule has 14 heteroatoms. The number of phenols is 1. The lowest BCUT2D eigenvalue weighted by molar-refractivity contribution is -0.141. The second kappa shape index (κ2) is 17.1. The van der Waals surface area contributed by atoms with Gasteiger partial charge in [-0.05, 0) is 91.3 Å². The number of aryl methyl sites for hydroxylation is 2. The Morgan fingerprint density at radius 2 is 1.59 bits per heavy atom. The number of anilines is 2. The minimum atomic E-state index is -1.08. The summed E-state index contributed by atoms with van der Waals surface area (Å²) in [6.45, 7) is 6.86. The van der Waals surface area contributed by atoms with E-state index in [1.807, 2.05) is 46.2 Å². The molecule has 4 amide bonds. The maximum absolute atomic E-state index is 14.1. The highest BCUT2D eigenvalue weighted by Gasteiger charge is 2.35. The highest BCUT2D eigenvalue weighted by Crippen LogP contribution is 2.27. The minimum absolute atomic E-state index is 0.0258. The van der Waals surface area contributed by atoms with Crippen LogP contribution in [0.25, 0.3) is 0 Å². The number of rotatable bonds is 9. The molecule has 2 saturated heterocycles. The number of piperidine rings is 1. The van der Waals surface area contributed by atoms with Crippen LogP contribution in [0.4, 0.5) is 21.1 Å². The molecule has 3 aliphatic rings. The number of amides is 4. The van der Waals surface area contributed by atoms with Crippen molar-refractivity contribution in [3.05, 3.63) is 113 Å². The topological polar surface area (TPSA) is 158 Å². The molecule has 0 bridgehead atoms. The Balaban J connectivity index is 0.959. The molecule has 56 heavy (non-hydrogen) atoms. The number of nitrogens with one attached hydrogen (secondary N) is 1. The Bertz CT molecular complexity index is 2020. The summed E-state index contributed by atoms with van der Waals surface area (Å²) in [6, 6.07) is 18.3. The molecule has 7 rings (SSSR count). The van der Waals surface area contributed by atoms with Crippen LogP contribution in [0.1, 0.15) is 51.0 Å². The fourth-order valence-corrected chi connectivity index (χ4v) is 7.62. The third-order valence-electron chi connectivity index (χ3n) is 10.8. The summed E-state index contributed by atoms with van der Waals surface area (Å²) in [4.78, 5) is 69.3. The molecule has 1 atom stereocenters. The maximum Gasteiger partial charge on any atom is 0.410 e. The molecule has 0 radical (unpaired) electrons. The lowest BCUT2D eigenvalue weighted by Crippen LogP contribution is -2.54. The van der Waals surface area contributed by atoms with Gasteiger partial charge < -0.3 is 39.5 Å². The Hall–Kier alpha value is -6.18. The number of carbonyl (C=O) groups is 4. The van der Waals surface area contributed by atoms with Gasteiger partial charge in [0.25, 0.3) is 5.91 Å². The molecule has 3 aliphatic heterocycles. The number of likely N-dealkylation sites (tertiary alicyclic amines) is 1. The largest absolute Gasteiger partial charge is 0.507 e. The molecule has 4 aromatic rings. The van der Waals surface area contributed by atoms with Crippen LogP contribution in [0.3, 0.4) is 0 Å². The van der Waals surface area contributed by atoms with E-state index in [0.29, 0.717) is 81.2 Å². The average molecular weight is 762 g/mol. The minimum Gasteiger partial charge on any atom is -0.507 e. The summed E-state index contributed by atoms with van der Waals surface area (Å²) < 4.78 is 11.5. The molecule has 292 valence electrons. The van der Waals surface area contributed by atoms with Crippen molar-refractivity contribution < 1.29 is 33.8 Å². The molecule has 5 heterocycles. The number of benzene rings is 2. The number of urea groups is 1. The Morgan fingerprint density at radius 1 is 0.875 bits per heavy atom. The van der Waals surface area contributed by atoms with Gasteiger partial charge >= 0.3 is 18.1 Å². The van der Waals surface area contributed by atoms with Crippen LogP contribution in [0.5, 0.6) is 5.75 Å². The van der Waals surface area contributed by atoms with Crippen molar-refractivity contribution in [3.8, 4) is 5.75 Å². The highest BCUT2D eigenvalue weighted by atomic mass is 16.6. The van der Waals surface area contributed by atoms with E-state index in [-0.39, 0.29) is 36.8 Å². The van der Waals surface area contributed by atoms with Crippen LogP contribution in [-0.4, -0.2) is 112 Å². The summed E-state index contributed by atoms with van der Waals surface area (Å²) in [7, 11) is 0. The number of esters is 1. The zero-order valence-electron chi connectivity index (χ0n) is 31.7. The van der Waals surface area contributed by atoms with Crippen LogP contribution >= 0.6 is 0 Å². The number of carbonyl (C=O) groups excluding carboxylic acids is 4. The number of hydrogen-bond acceptors (Lipinski definition) is 10. The van der Waals surface area contributed by atoms with Crippen molar-refractivity contribution >= 4 is 35.5 Å². The number of aromatic hydroxyl groups is 1. The van der Waals surface area contributed by atoms with Crippen LogP contribution in [-0.2, 0) is 33.7 Å². The lowest BCUT2D eigenvalue weighted by Gasteiger charge is -2.39. The van der Waals surface area contributed by atoms with Gasteiger partial charge in [0, 0.05) is 82.6 Å². The molecule has 2 aromatic heterocycles. The molecular formula is C42H47N7O7. The fourth-order valence-electron chi connectivity index (χ4n) is 7.62. The predicted octanol–water partition coefficient (Wildman–Crippen LogP) is 5.11. The first-order valence-corrected chi connectivity index (χ1v) is 19.1. The molecule has 2 fully saturated rings. The normalized spacial score (nSPS) is 16.7.